The molecule has 0 aliphatic rings. The van der Waals surface area contributed by atoms with E-state index in [1.807, 2.05) is 12.1 Å². The standard InChI is InChI=1S/C24H23N3O5S/c1-31-21-6-3-16(4-7-21)5-8-22(28)25-13-17-9-18(24(30)32-2)11-19(10-17)27-23(29)12-20-14-33-15-26-20/h3-11,14-15H,12-13H2,1-2H3,(H,25,28)(H,27,29). The second-order valence-corrected chi connectivity index (χ2v) is 7.66. The van der Waals surface area contributed by atoms with Gasteiger partial charge in [-0.05, 0) is 47.5 Å². The lowest BCUT2D eigenvalue weighted by atomic mass is 10.1. The van der Waals surface area contributed by atoms with Crippen LogP contribution in [0, 0.1) is 0 Å². The predicted octanol–water partition coefficient (Wildman–Crippen LogP) is 3.45. The van der Waals surface area contributed by atoms with E-state index in [0.29, 0.717) is 16.9 Å². The minimum atomic E-state index is -0.544. The number of thiazole rings is 1. The van der Waals surface area contributed by atoms with Crippen molar-refractivity contribution >= 4 is 40.9 Å². The summed E-state index contributed by atoms with van der Waals surface area (Å²) in [4.78, 5) is 40.7. The highest BCUT2D eigenvalue weighted by molar-refractivity contribution is 7.07. The number of hydrogen-bond donors (Lipinski definition) is 2. The Bertz CT molecular complexity index is 1140. The lowest BCUT2D eigenvalue weighted by molar-refractivity contribution is -0.117. The molecule has 0 spiro atoms. The summed E-state index contributed by atoms with van der Waals surface area (Å²) >= 11 is 1.41. The molecule has 170 valence electrons. The summed E-state index contributed by atoms with van der Waals surface area (Å²) in [6, 6.07) is 12.1. The molecule has 33 heavy (non-hydrogen) atoms. The van der Waals surface area contributed by atoms with E-state index in [1.54, 1.807) is 48.3 Å². The van der Waals surface area contributed by atoms with Crippen LogP contribution in [0.2, 0.25) is 0 Å². The van der Waals surface area contributed by atoms with Gasteiger partial charge in [-0.25, -0.2) is 9.78 Å². The molecule has 1 heterocycles. The van der Waals surface area contributed by atoms with E-state index in [2.05, 4.69) is 15.6 Å². The van der Waals surface area contributed by atoms with Crippen molar-refractivity contribution in [3.63, 3.8) is 0 Å². The molecule has 8 nitrogen and oxygen atoms in total. The zero-order valence-electron chi connectivity index (χ0n) is 18.2. The molecule has 0 unspecified atom stereocenters. The van der Waals surface area contributed by atoms with E-state index in [9.17, 15) is 14.4 Å². The largest absolute Gasteiger partial charge is 0.497 e. The van der Waals surface area contributed by atoms with E-state index < -0.39 is 5.97 Å². The molecule has 3 aromatic rings. The van der Waals surface area contributed by atoms with Gasteiger partial charge >= 0.3 is 5.97 Å². The second kappa shape index (κ2) is 11.6. The summed E-state index contributed by atoms with van der Waals surface area (Å²) < 4.78 is 9.91. The van der Waals surface area contributed by atoms with Crippen molar-refractivity contribution in [2.24, 2.45) is 0 Å². The van der Waals surface area contributed by atoms with Crippen LogP contribution in [0.4, 0.5) is 5.69 Å². The third-order valence-electron chi connectivity index (χ3n) is 4.53. The van der Waals surface area contributed by atoms with Crippen molar-refractivity contribution in [1.29, 1.82) is 0 Å². The summed E-state index contributed by atoms with van der Waals surface area (Å²) in [5.41, 5.74) is 4.50. The van der Waals surface area contributed by atoms with Crippen LogP contribution in [0.1, 0.15) is 27.2 Å². The van der Waals surface area contributed by atoms with Crippen LogP contribution in [-0.4, -0.2) is 37.0 Å². The van der Waals surface area contributed by atoms with Crippen LogP contribution in [0.3, 0.4) is 0 Å². The third kappa shape index (κ3) is 7.29. The monoisotopic (exact) mass is 465 g/mol. The number of aromatic nitrogens is 1. The lowest BCUT2D eigenvalue weighted by Crippen LogP contribution is -2.21. The Morgan fingerprint density at radius 2 is 1.88 bits per heavy atom. The van der Waals surface area contributed by atoms with Crippen LogP contribution >= 0.6 is 11.3 Å². The highest BCUT2D eigenvalue weighted by Gasteiger charge is 2.12. The molecule has 2 N–H and O–H groups in total. The third-order valence-corrected chi connectivity index (χ3v) is 5.17. The minimum Gasteiger partial charge on any atom is -0.497 e. The molecule has 2 amide bonds. The molecule has 0 radical (unpaired) electrons. The number of methoxy groups -OCH3 is 2. The molecule has 0 aliphatic carbocycles. The highest BCUT2D eigenvalue weighted by atomic mass is 32.1. The van der Waals surface area contributed by atoms with Crippen molar-refractivity contribution in [3.8, 4) is 5.75 Å². The fourth-order valence-corrected chi connectivity index (χ4v) is 3.49. The number of carbonyl (C=O) groups excluding carboxylic acids is 3. The van der Waals surface area contributed by atoms with E-state index in [4.69, 9.17) is 9.47 Å². The van der Waals surface area contributed by atoms with E-state index in [0.717, 1.165) is 11.3 Å². The molecular weight excluding hydrogens is 442 g/mol. The highest BCUT2D eigenvalue weighted by Crippen LogP contribution is 2.17. The van der Waals surface area contributed by atoms with Gasteiger partial charge in [0.05, 0.1) is 37.4 Å². The van der Waals surface area contributed by atoms with Gasteiger partial charge in [0.2, 0.25) is 11.8 Å². The topological polar surface area (TPSA) is 107 Å². The molecule has 0 aliphatic heterocycles. The number of nitrogens with one attached hydrogen (secondary N) is 2. The number of ether oxygens (including phenoxy) is 2. The SMILES string of the molecule is COC(=O)c1cc(CNC(=O)C=Cc2ccc(OC)cc2)cc(NC(=O)Cc2cscn2)c1. The van der Waals surface area contributed by atoms with Gasteiger partial charge in [0, 0.05) is 23.7 Å². The maximum Gasteiger partial charge on any atom is 0.337 e. The van der Waals surface area contributed by atoms with Crippen LogP contribution in [0.5, 0.6) is 5.75 Å². The number of carbonyl (C=O) groups is 3. The van der Waals surface area contributed by atoms with Crippen LogP contribution in [-0.2, 0) is 27.3 Å². The first kappa shape index (κ1) is 23.7. The number of esters is 1. The van der Waals surface area contributed by atoms with Crippen molar-refractivity contribution in [1.82, 2.24) is 10.3 Å². The van der Waals surface area contributed by atoms with Gasteiger partial charge in [-0.1, -0.05) is 12.1 Å². The van der Waals surface area contributed by atoms with Gasteiger partial charge in [0.25, 0.3) is 0 Å². The fraction of sp³-hybridized carbons (Fsp3) is 0.167. The molecule has 0 bridgehead atoms. The smallest absolute Gasteiger partial charge is 0.337 e. The van der Waals surface area contributed by atoms with E-state index in [-0.39, 0.29) is 30.3 Å². The maximum absolute atomic E-state index is 12.3. The maximum atomic E-state index is 12.3. The quantitative estimate of drug-likeness (QED) is 0.370. The van der Waals surface area contributed by atoms with Gasteiger partial charge in [-0.2, -0.15) is 0 Å². The molecule has 1 aromatic heterocycles. The molecule has 9 heteroatoms. The van der Waals surface area contributed by atoms with Gasteiger partial charge < -0.3 is 20.1 Å². The van der Waals surface area contributed by atoms with E-state index in [1.165, 1.54) is 30.6 Å². The van der Waals surface area contributed by atoms with Gasteiger partial charge in [-0.15, -0.1) is 11.3 Å². The Morgan fingerprint density at radius 1 is 1.09 bits per heavy atom. The zero-order chi connectivity index (χ0) is 23.6. The minimum absolute atomic E-state index is 0.119. The molecule has 2 aromatic carbocycles. The Kier molecular flexibility index (Phi) is 8.31. The first-order valence-corrected chi connectivity index (χ1v) is 10.9. The summed E-state index contributed by atoms with van der Waals surface area (Å²) in [5.74, 6) is -0.377. The van der Waals surface area contributed by atoms with Gasteiger partial charge in [-0.3, -0.25) is 9.59 Å². The molecule has 0 saturated carbocycles. The average Bonchev–Trinajstić information content (AvgIpc) is 3.33. The van der Waals surface area contributed by atoms with Crippen molar-refractivity contribution in [2.75, 3.05) is 19.5 Å². The zero-order valence-corrected chi connectivity index (χ0v) is 19.0. The summed E-state index contributed by atoms with van der Waals surface area (Å²) in [5, 5.41) is 7.33. The fourth-order valence-electron chi connectivity index (χ4n) is 2.93. The molecule has 0 fully saturated rings. The van der Waals surface area contributed by atoms with Crippen LogP contribution in [0.25, 0.3) is 6.08 Å². The molecule has 3 rings (SSSR count). The summed E-state index contributed by atoms with van der Waals surface area (Å²) in [6.07, 6.45) is 3.22. The Hall–Kier alpha value is -3.98. The molecule has 0 saturated heterocycles. The number of hydrogen-bond acceptors (Lipinski definition) is 7. The van der Waals surface area contributed by atoms with Crippen LogP contribution in [0.15, 0.2) is 59.4 Å². The summed E-state index contributed by atoms with van der Waals surface area (Å²) in [6.45, 7) is 0.158. The average molecular weight is 466 g/mol. The molecular formula is C24H23N3O5S. The Balaban J connectivity index is 1.65. The number of benzene rings is 2. The lowest BCUT2D eigenvalue weighted by Gasteiger charge is -2.10. The number of nitrogens with zero attached hydrogens (tertiary/aromatic N) is 1. The Morgan fingerprint density at radius 3 is 2.55 bits per heavy atom. The number of rotatable bonds is 9. The van der Waals surface area contributed by atoms with Crippen molar-refractivity contribution in [2.45, 2.75) is 13.0 Å². The summed E-state index contributed by atoms with van der Waals surface area (Å²) in [7, 11) is 2.87. The van der Waals surface area contributed by atoms with E-state index >= 15 is 0 Å². The number of anilines is 1. The Labute approximate surface area is 195 Å². The van der Waals surface area contributed by atoms with Gasteiger partial charge in [0.1, 0.15) is 5.75 Å². The predicted molar refractivity (Wildman–Crippen MR) is 126 cm³/mol. The van der Waals surface area contributed by atoms with Crippen molar-refractivity contribution < 1.29 is 23.9 Å². The number of amides is 2. The normalized spacial score (nSPS) is 10.6. The molecule has 0 atom stereocenters. The first-order valence-electron chi connectivity index (χ1n) is 9.96. The first-order chi connectivity index (χ1) is 16.0. The second-order valence-electron chi connectivity index (χ2n) is 6.94. The van der Waals surface area contributed by atoms with Crippen molar-refractivity contribution in [3.05, 3.63) is 81.8 Å². The van der Waals surface area contributed by atoms with Crippen LogP contribution < -0.4 is 15.4 Å². The van der Waals surface area contributed by atoms with Gasteiger partial charge in [0.15, 0.2) is 0 Å².